The Morgan fingerprint density at radius 2 is 2.00 bits per heavy atom. The van der Waals surface area contributed by atoms with Gasteiger partial charge in [-0.25, -0.2) is 4.79 Å². The third kappa shape index (κ3) is 4.89. The second kappa shape index (κ2) is 8.42. The minimum atomic E-state index is -3.39. The number of hydrogen-bond donors (Lipinski definition) is 2. The van der Waals surface area contributed by atoms with Gasteiger partial charge in [-0.05, 0) is 33.6 Å². The van der Waals surface area contributed by atoms with Crippen molar-refractivity contribution in [3.63, 3.8) is 0 Å². The van der Waals surface area contributed by atoms with Crippen molar-refractivity contribution in [2.45, 2.75) is 52.0 Å². The number of nitrogens with zero attached hydrogens (tertiary/aromatic N) is 1. The smallest absolute Gasteiger partial charge is 0.333 e. The van der Waals surface area contributed by atoms with Crippen molar-refractivity contribution in [3.8, 4) is 0 Å². The van der Waals surface area contributed by atoms with E-state index in [1.165, 1.54) is 10.8 Å². The van der Waals surface area contributed by atoms with Crippen LogP contribution in [-0.2, 0) is 18.3 Å². The van der Waals surface area contributed by atoms with Crippen LogP contribution in [0.4, 0.5) is 0 Å². The van der Waals surface area contributed by atoms with Crippen molar-refractivity contribution in [2.75, 3.05) is 19.4 Å². The van der Waals surface area contributed by atoms with Gasteiger partial charge in [0.05, 0.1) is 31.6 Å². The minimum absolute atomic E-state index is 0.175. The van der Waals surface area contributed by atoms with Crippen LogP contribution in [0.25, 0.3) is 0 Å². The number of aromatic nitrogens is 2. The highest BCUT2D eigenvalue weighted by Gasteiger charge is 2.37. The van der Waals surface area contributed by atoms with Crippen LogP contribution in [0.15, 0.2) is 15.8 Å². The van der Waals surface area contributed by atoms with Gasteiger partial charge in [-0.3, -0.25) is 18.9 Å². The van der Waals surface area contributed by atoms with E-state index in [4.69, 9.17) is 13.8 Å². The fourth-order valence-corrected chi connectivity index (χ4v) is 4.58. The molecular formula is C15H25N2O7P. The zero-order chi connectivity index (χ0) is 18.6. The molecule has 0 aromatic carbocycles. The second-order valence-corrected chi connectivity index (χ2v) is 7.98. The number of aryl methyl sites for hydroxylation is 1. The maximum Gasteiger partial charge on any atom is 0.333 e. The molecule has 1 aliphatic rings. The Morgan fingerprint density at radius 3 is 2.60 bits per heavy atom. The van der Waals surface area contributed by atoms with Crippen LogP contribution >= 0.6 is 7.60 Å². The van der Waals surface area contributed by atoms with Crippen molar-refractivity contribution < 1.29 is 23.5 Å². The minimum Gasteiger partial charge on any atom is -0.390 e. The Labute approximate surface area is 145 Å². The number of aliphatic hydroxyl groups excluding tert-OH is 1. The number of ether oxygens (including phenoxy) is 1. The number of hydrogen-bond acceptors (Lipinski definition) is 7. The zero-order valence-electron chi connectivity index (χ0n) is 14.6. The van der Waals surface area contributed by atoms with E-state index in [2.05, 4.69) is 4.98 Å². The molecule has 0 radical (unpaired) electrons. The molecule has 25 heavy (non-hydrogen) atoms. The van der Waals surface area contributed by atoms with Gasteiger partial charge in [-0.15, -0.1) is 0 Å². The van der Waals surface area contributed by atoms with Gasteiger partial charge in [0, 0.05) is 11.8 Å². The molecule has 0 saturated carbocycles. The molecule has 2 heterocycles. The fourth-order valence-electron chi connectivity index (χ4n) is 2.82. The van der Waals surface area contributed by atoms with Gasteiger partial charge in [-0.2, -0.15) is 0 Å². The van der Waals surface area contributed by atoms with Gasteiger partial charge >= 0.3 is 13.3 Å². The summed E-state index contributed by atoms with van der Waals surface area (Å²) < 4.78 is 29.9. The summed E-state index contributed by atoms with van der Waals surface area (Å²) in [6.07, 6.45) is -0.0134. The zero-order valence-corrected chi connectivity index (χ0v) is 15.5. The summed E-state index contributed by atoms with van der Waals surface area (Å²) >= 11 is 0. The summed E-state index contributed by atoms with van der Waals surface area (Å²) in [5.41, 5.74) is -0.611. The van der Waals surface area contributed by atoms with Crippen molar-refractivity contribution in [3.05, 3.63) is 32.6 Å². The predicted octanol–water partition coefficient (Wildman–Crippen LogP) is 1.15. The normalized spacial score (nSPS) is 22.2. The van der Waals surface area contributed by atoms with Gasteiger partial charge in [0.15, 0.2) is 0 Å². The number of H-pyrrole nitrogens is 1. The first-order valence-electron chi connectivity index (χ1n) is 8.33. The van der Waals surface area contributed by atoms with Crippen LogP contribution in [0.1, 0.15) is 38.5 Å². The van der Waals surface area contributed by atoms with Crippen LogP contribution in [0.5, 0.6) is 0 Å². The van der Waals surface area contributed by atoms with Crippen LogP contribution in [0, 0.1) is 6.92 Å². The highest BCUT2D eigenvalue weighted by molar-refractivity contribution is 7.53. The summed E-state index contributed by atoms with van der Waals surface area (Å²) in [4.78, 5) is 25.6. The van der Waals surface area contributed by atoms with Crippen LogP contribution in [-0.4, -0.2) is 46.2 Å². The maximum absolute atomic E-state index is 12.5. The highest BCUT2D eigenvalue weighted by Crippen LogP contribution is 2.49. The largest absolute Gasteiger partial charge is 0.390 e. The van der Waals surface area contributed by atoms with E-state index >= 15 is 0 Å². The lowest BCUT2D eigenvalue weighted by Crippen LogP contribution is -2.35. The molecule has 9 nitrogen and oxygen atoms in total. The van der Waals surface area contributed by atoms with Crippen LogP contribution < -0.4 is 11.2 Å². The van der Waals surface area contributed by atoms with Gasteiger partial charge in [0.2, 0.25) is 0 Å². The molecule has 1 fully saturated rings. The molecule has 0 amide bonds. The fraction of sp³-hybridized carbons (Fsp3) is 0.733. The molecule has 3 unspecified atom stereocenters. The molecule has 2 rings (SSSR count). The van der Waals surface area contributed by atoms with E-state index in [1.54, 1.807) is 20.8 Å². The molecule has 0 bridgehead atoms. The highest BCUT2D eigenvalue weighted by atomic mass is 31.2. The van der Waals surface area contributed by atoms with Crippen molar-refractivity contribution in [1.82, 2.24) is 9.55 Å². The van der Waals surface area contributed by atoms with Gasteiger partial charge < -0.3 is 18.9 Å². The predicted molar refractivity (Wildman–Crippen MR) is 90.9 cm³/mol. The van der Waals surface area contributed by atoms with E-state index < -0.39 is 37.3 Å². The van der Waals surface area contributed by atoms with E-state index in [9.17, 15) is 19.3 Å². The monoisotopic (exact) mass is 376 g/mol. The third-order valence-electron chi connectivity index (χ3n) is 3.98. The van der Waals surface area contributed by atoms with E-state index in [-0.39, 0.29) is 19.4 Å². The molecular weight excluding hydrogens is 351 g/mol. The maximum atomic E-state index is 12.5. The lowest BCUT2D eigenvalue weighted by atomic mass is 10.1. The Bertz CT molecular complexity index is 734. The van der Waals surface area contributed by atoms with Crippen molar-refractivity contribution in [1.29, 1.82) is 0 Å². The first-order chi connectivity index (χ1) is 11.8. The Balaban J connectivity index is 2.07. The molecule has 1 aromatic rings. The van der Waals surface area contributed by atoms with Gasteiger partial charge in [0.1, 0.15) is 6.23 Å². The molecule has 1 aliphatic heterocycles. The standard InChI is InChI=1S/C15H25N2O7P/c1-4-22-25(21,23-5-2)9-11(18)12-6-7-13(24-12)17-8-10(3)14(19)16-15(17)20/h8,11-13,18H,4-7,9H2,1-3H3,(H,16,19,20). The topological polar surface area (TPSA) is 120 Å². The quantitative estimate of drug-likeness (QED) is 0.653. The first-order valence-corrected chi connectivity index (χ1v) is 10.1. The summed E-state index contributed by atoms with van der Waals surface area (Å²) in [6.45, 7) is 5.42. The molecule has 3 atom stereocenters. The summed E-state index contributed by atoms with van der Waals surface area (Å²) in [7, 11) is -3.39. The number of aromatic amines is 1. The molecule has 0 spiro atoms. The molecule has 1 aromatic heterocycles. The molecule has 2 N–H and O–H groups in total. The number of nitrogens with one attached hydrogen (secondary N) is 1. The van der Waals surface area contributed by atoms with Crippen LogP contribution in [0.2, 0.25) is 0 Å². The molecule has 0 aliphatic carbocycles. The average molecular weight is 376 g/mol. The lowest BCUT2D eigenvalue weighted by molar-refractivity contribution is -0.0550. The van der Waals surface area contributed by atoms with Gasteiger partial charge in [-0.1, -0.05) is 0 Å². The lowest BCUT2D eigenvalue weighted by Gasteiger charge is -2.24. The van der Waals surface area contributed by atoms with Crippen molar-refractivity contribution >= 4 is 7.60 Å². The Kier molecular flexibility index (Phi) is 6.76. The van der Waals surface area contributed by atoms with Gasteiger partial charge in [0.25, 0.3) is 5.56 Å². The molecule has 10 heteroatoms. The van der Waals surface area contributed by atoms with Crippen molar-refractivity contribution in [2.24, 2.45) is 0 Å². The van der Waals surface area contributed by atoms with E-state index in [0.29, 0.717) is 18.4 Å². The summed E-state index contributed by atoms with van der Waals surface area (Å²) in [5.74, 6) is 0. The molecule has 1 saturated heterocycles. The van der Waals surface area contributed by atoms with E-state index in [1.807, 2.05) is 0 Å². The Hall–Kier alpha value is -1.25. The van der Waals surface area contributed by atoms with Crippen LogP contribution in [0.3, 0.4) is 0 Å². The summed E-state index contributed by atoms with van der Waals surface area (Å²) in [5, 5.41) is 10.4. The summed E-state index contributed by atoms with van der Waals surface area (Å²) in [6, 6.07) is 0. The first kappa shape index (κ1) is 20.1. The third-order valence-corrected chi connectivity index (χ3v) is 6.10. The molecule has 142 valence electrons. The van der Waals surface area contributed by atoms with E-state index in [0.717, 1.165) is 0 Å². The Morgan fingerprint density at radius 1 is 1.36 bits per heavy atom. The average Bonchev–Trinajstić information content (AvgIpc) is 3.01. The SMILES string of the molecule is CCOP(=O)(CC(O)C1CCC(n2cc(C)c(=O)[nH]c2=O)O1)OCC. The second-order valence-electron chi connectivity index (χ2n) is 5.88. The number of aliphatic hydroxyl groups is 1. The number of rotatable bonds is 8.